The minimum absolute atomic E-state index is 0.0897. The zero-order chi connectivity index (χ0) is 15.0. The van der Waals surface area contributed by atoms with Crippen LogP contribution in [0, 0.1) is 0 Å². The molecule has 0 aliphatic rings. The molecule has 4 nitrogen and oxygen atoms in total. The van der Waals surface area contributed by atoms with Gasteiger partial charge in [0.05, 0.1) is 14.2 Å². The maximum Gasteiger partial charge on any atom is 0.203 e. The van der Waals surface area contributed by atoms with E-state index in [0.717, 1.165) is 5.56 Å². The second-order valence-corrected chi connectivity index (χ2v) is 3.93. The standard InChI is InChI=1S/C8H10O3.C8H8O/c1-10-7-5-3-4-6(9)8(7)11-2;1-7(9)8-5-3-2-4-6-8/h3-5,9H,1-2H3;2-6H,1H3. The lowest BCUT2D eigenvalue weighted by atomic mass is 10.2. The highest BCUT2D eigenvalue weighted by atomic mass is 16.5. The van der Waals surface area contributed by atoms with Crippen LogP contribution in [0.1, 0.15) is 17.3 Å². The molecule has 2 rings (SSSR count). The van der Waals surface area contributed by atoms with Gasteiger partial charge in [0.15, 0.2) is 17.3 Å². The monoisotopic (exact) mass is 274 g/mol. The molecular formula is C16H18O4. The number of hydrogen-bond donors (Lipinski definition) is 1. The van der Waals surface area contributed by atoms with E-state index in [1.54, 1.807) is 25.1 Å². The van der Waals surface area contributed by atoms with Gasteiger partial charge in [0.2, 0.25) is 5.75 Å². The highest BCUT2D eigenvalue weighted by molar-refractivity contribution is 5.93. The fourth-order valence-electron chi connectivity index (χ4n) is 1.54. The first-order valence-electron chi connectivity index (χ1n) is 6.06. The lowest BCUT2D eigenvalue weighted by Gasteiger charge is -2.07. The van der Waals surface area contributed by atoms with Crippen LogP contribution in [0.15, 0.2) is 48.5 Å². The average molecular weight is 274 g/mol. The third kappa shape index (κ3) is 4.31. The molecule has 4 heteroatoms. The zero-order valence-electron chi connectivity index (χ0n) is 11.8. The first-order valence-corrected chi connectivity index (χ1v) is 6.06. The van der Waals surface area contributed by atoms with E-state index in [2.05, 4.69) is 0 Å². The molecule has 0 spiro atoms. The maximum atomic E-state index is 10.6. The Morgan fingerprint density at radius 3 is 2.00 bits per heavy atom. The van der Waals surface area contributed by atoms with Crippen LogP contribution in [-0.4, -0.2) is 25.1 Å². The van der Waals surface area contributed by atoms with Crippen molar-refractivity contribution >= 4 is 5.78 Å². The number of aromatic hydroxyl groups is 1. The van der Waals surface area contributed by atoms with E-state index in [9.17, 15) is 9.90 Å². The van der Waals surface area contributed by atoms with Crippen molar-refractivity contribution in [2.45, 2.75) is 6.92 Å². The molecule has 2 aromatic carbocycles. The number of phenolic OH excluding ortho intramolecular Hbond substituents is 1. The van der Waals surface area contributed by atoms with Crippen LogP contribution in [0.25, 0.3) is 0 Å². The molecule has 0 aliphatic carbocycles. The van der Waals surface area contributed by atoms with Crippen molar-refractivity contribution in [3.8, 4) is 17.2 Å². The molecule has 20 heavy (non-hydrogen) atoms. The molecule has 0 bridgehead atoms. The molecule has 0 amide bonds. The summed E-state index contributed by atoms with van der Waals surface area (Å²) in [6.45, 7) is 1.56. The Labute approximate surface area is 118 Å². The van der Waals surface area contributed by atoms with E-state index >= 15 is 0 Å². The second kappa shape index (κ2) is 7.84. The normalized spacial score (nSPS) is 9.15. The first kappa shape index (κ1) is 15.6. The van der Waals surface area contributed by atoms with Crippen LogP contribution in [-0.2, 0) is 0 Å². The number of methoxy groups -OCH3 is 2. The van der Waals surface area contributed by atoms with Gasteiger partial charge < -0.3 is 14.6 Å². The van der Waals surface area contributed by atoms with E-state index < -0.39 is 0 Å². The highest BCUT2D eigenvalue weighted by Gasteiger charge is 2.06. The number of hydrogen-bond acceptors (Lipinski definition) is 4. The van der Waals surface area contributed by atoms with Gasteiger partial charge in [-0.05, 0) is 19.1 Å². The smallest absolute Gasteiger partial charge is 0.203 e. The molecule has 0 radical (unpaired) electrons. The number of para-hydroxylation sites is 1. The van der Waals surface area contributed by atoms with Crippen LogP contribution in [0.5, 0.6) is 17.2 Å². The van der Waals surface area contributed by atoms with Gasteiger partial charge in [0, 0.05) is 5.56 Å². The minimum atomic E-state index is 0.0897. The Balaban J connectivity index is 0.000000204. The fourth-order valence-corrected chi connectivity index (χ4v) is 1.54. The molecule has 0 fully saturated rings. The van der Waals surface area contributed by atoms with Crippen molar-refractivity contribution in [1.29, 1.82) is 0 Å². The predicted octanol–water partition coefficient (Wildman–Crippen LogP) is 3.30. The molecule has 1 N–H and O–H groups in total. The summed E-state index contributed by atoms with van der Waals surface area (Å²) < 4.78 is 9.82. The van der Waals surface area contributed by atoms with E-state index in [1.807, 2.05) is 30.3 Å². The Hall–Kier alpha value is -2.49. The molecule has 0 atom stereocenters. The molecule has 0 unspecified atom stereocenters. The number of ketones is 1. The van der Waals surface area contributed by atoms with E-state index in [0.29, 0.717) is 11.5 Å². The van der Waals surface area contributed by atoms with Crippen LogP contribution >= 0.6 is 0 Å². The predicted molar refractivity (Wildman–Crippen MR) is 77.7 cm³/mol. The highest BCUT2D eigenvalue weighted by Crippen LogP contribution is 2.35. The number of Topliss-reactive ketones (excluding diaryl/α,β-unsaturated/α-hetero) is 1. The van der Waals surface area contributed by atoms with Crippen LogP contribution < -0.4 is 9.47 Å². The van der Waals surface area contributed by atoms with Crippen molar-refractivity contribution in [3.63, 3.8) is 0 Å². The molecular weight excluding hydrogens is 256 g/mol. The zero-order valence-corrected chi connectivity index (χ0v) is 11.8. The molecule has 106 valence electrons. The van der Waals surface area contributed by atoms with Crippen LogP contribution in [0.4, 0.5) is 0 Å². The van der Waals surface area contributed by atoms with Gasteiger partial charge in [-0.25, -0.2) is 0 Å². The Morgan fingerprint density at radius 1 is 0.950 bits per heavy atom. The summed E-state index contributed by atoms with van der Waals surface area (Å²) in [7, 11) is 3.01. The third-order valence-corrected chi connectivity index (χ3v) is 2.56. The molecule has 2 aromatic rings. The van der Waals surface area contributed by atoms with E-state index in [1.165, 1.54) is 14.2 Å². The summed E-state index contributed by atoms with van der Waals surface area (Å²) in [6.07, 6.45) is 0. The quantitative estimate of drug-likeness (QED) is 0.872. The van der Waals surface area contributed by atoms with Gasteiger partial charge >= 0.3 is 0 Å². The average Bonchev–Trinajstić information content (AvgIpc) is 2.48. The van der Waals surface area contributed by atoms with Crippen LogP contribution in [0.2, 0.25) is 0 Å². The van der Waals surface area contributed by atoms with Gasteiger partial charge in [-0.1, -0.05) is 36.4 Å². The topological polar surface area (TPSA) is 55.8 Å². The van der Waals surface area contributed by atoms with Gasteiger partial charge in [-0.3, -0.25) is 4.79 Å². The summed E-state index contributed by atoms with van der Waals surface area (Å²) in [5.41, 5.74) is 0.775. The Kier molecular flexibility index (Phi) is 6.10. The number of carbonyl (C=O) groups excluding carboxylic acids is 1. The Bertz CT molecular complexity index is 550. The van der Waals surface area contributed by atoms with Gasteiger partial charge in [-0.2, -0.15) is 0 Å². The number of phenols is 1. The lowest BCUT2D eigenvalue weighted by molar-refractivity contribution is 0.101. The summed E-state index contributed by atoms with van der Waals surface area (Å²) >= 11 is 0. The molecule has 0 saturated heterocycles. The fraction of sp³-hybridized carbons (Fsp3) is 0.188. The summed E-state index contributed by atoms with van der Waals surface area (Å²) in [4.78, 5) is 10.6. The summed E-state index contributed by atoms with van der Waals surface area (Å²) in [5.74, 6) is 1.12. The largest absolute Gasteiger partial charge is 0.504 e. The number of rotatable bonds is 3. The minimum Gasteiger partial charge on any atom is -0.504 e. The van der Waals surface area contributed by atoms with E-state index in [4.69, 9.17) is 9.47 Å². The second-order valence-electron chi connectivity index (χ2n) is 3.93. The maximum absolute atomic E-state index is 10.6. The van der Waals surface area contributed by atoms with Gasteiger partial charge in [0.25, 0.3) is 0 Å². The van der Waals surface area contributed by atoms with Crippen molar-refractivity contribution in [1.82, 2.24) is 0 Å². The molecule has 0 heterocycles. The number of ether oxygens (including phenoxy) is 2. The number of benzene rings is 2. The van der Waals surface area contributed by atoms with Crippen molar-refractivity contribution < 1.29 is 19.4 Å². The van der Waals surface area contributed by atoms with Crippen molar-refractivity contribution in [2.24, 2.45) is 0 Å². The molecule has 0 saturated carbocycles. The molecule has 0 aliphatic heterocycles. The third-order valence-electron chi connectivity index (χ3n) is 2.56. The van der Waals surface area contributed by atoms with Crippen molar-refractivity contribution in [3.05, 3.63) is 54.1 Å². The first-order chi connectivity index (χ1) is 9.60. The Morgan fingerprint density at radius 2 is 1.60 bits per heavy atom. The summed E-state index contributed by atoms with van der Waals surface area (Å²) in [6, 6.07) is 14.2. The molecule has 0 aromatic heterocycles. The number of carbonyl (C=O) groups is 1. The summed E-state index contributed by atoms with van der Waals surface area (Å²) in [5, 5.41) is 9.22. The van der Waals surface area contributed by atoms with Crippen molar-refractivity contribution in [2.75, 3.05) is 14.2 Å². The van der Waals surface area contributed by atoms with E-state index in [-0.39, 0.29) is 11.5 Å². The van der Waals surface area contributed by atoms with Gasteiger partial charge in [-0.15, -0.1) is 0 Å². The SMILES string of the molecule is CC(=O)c1ccccc1.COc1cccc(O)c1OC. The van der Waals surface area contributed by atoms with Crippen LogP contribution in [0.3, 0.4) is 0 Å². The lowest BCUT2D eigenvalue weighted by Crippen LogP contribution is -1.89. The van der Waals surface area contributed by atoms with Gasteiger partial charge in [0.1, 0.15) is 0 Å².